The smallest absolute Gasteiger partial charge is 0.333 e. The number of ether oxygens (including phenoxy) is 1. The van der Waals surface area contributed by atoms with Crippen LogP contribution in [0.15, 0.2) is 40.1 Å². The molecule has 1 fully saturated rings. The summed E-state index contributed by atoms with van der Waals surface area (Å²) in [4.78, 5) is 55.4. The number of carbonyl (C=O) groups is 1. The molecule has 1 aromatic carbocycles. The maximum atomic E-state index is 13.9. The SMILES string of the molecule is CC#CCn1c(N2CCCC(N)C2)nc2c1c(=O)n(Cc1ncc3ccccc3n1)c(=O)n2CC(=O)OC. The minimum Gasteiger partial charge on any atom is -0.468 e. The molecule has 1 saturated heterocycles. The summed E-state index contributed by atoms with van der Waals surface area (Å²) in [6.07, 6.45) is 3.40. The summed E-state index contributed by atoms with van der Waals surface area (Å²) in [5.41, 5.74) is 5.88. The van der Waals surface area contributed by atoms with Gasteiger partial charge in [0.15, 0.2) is 11.2 Å². The van der Waals surface area contributed by atoms with Gasteiger partial charge >= 0.3 is 11.7 Å². The Morgan fingerprint density at radius 2 is 2.00 bits per heavy atom. The van der Waals surface area contributed by atoms with Crippen molar-refractivity contribution < 1.29 is 9.53 Å². The fraction of sp³-hybridized carbons (Fsp3) is 0.385. The maximum absolute atomic E-state index is 13.9. The second kappa shape index (κ2) is 10.5. The van der Waals surface area contributed by atoms with Crippen molar-refractivity contribution in [3.63, 3.8) is 0 Å². The van der Waals surface area contributed by atoms with Crippen molar-refractivity contribution in [3.8, 4) is 11.8 Å². The average molecular weight is 517 g/mol. The quantitative estimate of drug-likeness (QED) is 0.286. The van der Waals surface area contributed by atoms with Crippen molar-refractivity contribution in [2.24, 2.45) is 5.73 Å². The number of carbonyl (C=O) groups excluding carboxylic acids is 1. The van der Waals surface area contributed by atoms with E-state index < -0.39 is 23.8 Å². The largest absolute Gasteiger partial charge is 0.468 e. The Morgan fingerprint density at radius 1 is 1.18 bits per heavy atom. The fourth-order valence-electron chi connectivity index (χ4n) is 4.72. The van der Waals surface area contributed by atoms with Crippen molar-refractivity contribution in [3.05, 3.63) is 57.1 Å². The van der Waals surface area contributed by atoms with Gasteiger partial charge in [0, 0.05) is 30.7 Å². The van der Waals surface area contributed by atoms with Gasteiger partial charge < -0.3 is 15.4 Å². The highest BCUT2D eigenvalue weighted by Gasteiger charge is 2.27. The Balaban J connectivity index is 1.74. The molecule has 3 aromatic heterocycles. The third-order valence-corrected chi connectivity index (χ3v) is 6.60. The molecule has 12 heteroatoms. The van der Waals surface area contributed by atoms with Gasteiger partial charge in [-0.05, 0) is 25.8 Å². The molecule has 1 aliphatic rings. The summed E-state index contributed by atoms with van der Waals surface area (Å²) in [6.45, 7) is 2.51. The van der Waals surface area contributed by atoms with E-state index in [1.807, 2.05) is 29.2 Å². The minimum absolute atomic E-state index is 0.0479. The van der Waals surface area contributed by atoms with Gasteiger partial charge in [-0.3, -0.25) is 23.3 Å². The summed E-state index contributed by atoms with van der Waals surface area (Å²) in [6, 6.07) is 7.39. The van der Waals surface area contributed by atoms with Crippen LogP contribution in [-0.4, -0.2) is 60.9 Å². The van der Waals surface area contributed by atoms with Crippen molar-refractivity contribution >= 4 is 34.0 Å². The monoisotopic (exact) mass is 516 g/mol. The minimum atomic E-state index is -0.710. The van der Waals surface area contributed by atoms with Gasteiger partial charge in [-0.1, -0.05) is 24.1 Å². The highest BCUT2D eigenvalue weighted by atomic mass is 16.5. The molecular weight excluding hydrogens is 488 g/mol. The van der Waals surface area contributed by atoms with Crippen LogP contribution in [0.5, 0.6) is 0 Å². The number of imidazole rings is 1. The van der Waals surface area contributed by atoms with Crippen molar-refractivity contribution in [1.82, 2.24) is 28.7 Å². The van der Waals surface area contributed by atoms with Crippen LogP contribution in [0.3, 0.4) is 0 Å². The molecule has 4 heterocycles. The summed E-state index contributed by atoms with van der Waals surface area (Å²) < 4.78 is 8.71. The lowest BCUT2D eigenvalue weighted by molar-refractivity contribution is -0.141. The van der Waals surface area contributed by atoms with Gasteiger partial charge in [0.2, 0.25) is 5.95 Å². The average Bonchev–Trinajstić information content (AvgIpc) is 3.31. The van der Waals surface area contributed by atoms with E-state index in [9.17, 15) is 14.4 Å². The lowest BCUT2D eigenvalue weighted by Gasteiger charge is -2.31. The van der Waals surface area contributed by atoms with E-state index in [1.54, 1.807) is 17.7 Å². The molecule has 0 amide bonds. The maximum Gasteiger partial charge on any atom is 0.333 e. The summed E-state index contributed by atoms with van der Waals surface area (Å²) >= 11 is 0. The molecule has 2 N–H and O–H groups in total. The lowest BCUT2D eigenvalue weighted by Crippen LogP contribution is -2.44. The number of benzene rings is 1. The fourth-order valence-corrected chi connectivity index (χ4v) is 4.72. The highest BCUT2D eigenvalue weighted by Crippen LogP contribution is 2.23. The third-order valence-electron chi connectivity index (χ3n) is 6.60. The van der Waals surface area contributed by atoms with E-state index in [4.69, 9.17) is 15.5 Å². The van der Waals surface area contributed by atoms with Crippen molar-refractivity contribution in [2.45, 2.75) is 45.4 Å². The molecule has 1 atom stereocenters. The molecule has 0 aliphatic carbocycles. The van der Waals surface area contributed by atoms with Crippen LogP contribution in [0.2, 0.25) is 0 Å². The van der Waals surface area contributed by atoms with Crippen molar-refractivity contribution in [2.75, 3.05) is 25.1 Å². The van der Waals surface area contributed by atoms with Crippen molar-refractivity contribution in [1.29, 1.82) is 0 Å². The highest BCUT2D eigenvalue weighted by molar-refractivity contribution is 5.78. The van der Waals surface area contributed by atoms with Crippen LogP contribution in [0.1, 0.15) is 25.6 Å². The zero-order valence-corrected chi connectivity index (χ0v) is 21.3. The van der Waals surface area contributed by atoms with E-state index >= 15 is 0 Å². The first-order valence-electron chi connectivity index (χ1n) is 12.3. The van der Waals surface area contributed by atoms with Crippen LogP contribution in [0.25, 0.3) is 22.1 Å². The topological polar surface area (TPSA) is 143 Å². The van der Waals surface area contributed by atoms with Crippen LogP contribution < -0.4 is 21.9 Å². The molecule has 38 heavy (non-hydrogen) atoms. The first-order valence-corrected chi connectivity index (χ1v) is 12.3. The Hall–Kier alpha value is -4.50. The second-order valence-corrected chi connectivity index (χ2v) is 9.13. The van der Waals surface area contributed by atoms with E-state index in [-0.39, 0.29) is 36.1 Å². The van der Waals surface area contributed by atoms with Crippen LogP contribution in [0, 0.1) is 11.8 Å². The molecule has 1 aliphatic heterocycles. The van der Waals surface area contributed by atoms with E-state index in [0.29, 0.717) is 24.6 Å². The summed E-state index contributed by atoms with van der Waals surface area (Å²) in [7, 11) is 1.24. The molecular formula is C26H28N8O4. The Bertz CT molecular complexity index is 1710. The number of nitrogens with zero attached hydrogens (tertiary/aromatic N) is 7. The molecule has 4 aromatic rings. The Morgan fingerprint density at radius 3 is 2.76 bits per heavy atom. The van der Waals surface area contributed by atoms with Gasteiger partial charge in [0.25, 0.3) is 5.56 Å². The number of fused-ring (bicyclic) bond motifs is 2. The molecule has 12 nitrogen and oxygen atoms in total. The van der Waals surface area contributed by atoms with Gasteiger partial charge in [0.1, 0.15) is 12.4 Å². The molecule has 196 valence electrons. The van der Waals surface area contributed by atoms with Gasteiger partial charge in [-0.25, -0.2) is 14.8 Å². The molecule has 0 bridgehead atoms. The number of anilines is 1. The predicted molar refractivity (Wildman–Crippen MR) is 142 cm³/mol. The predicted octanol–water partition coefficient (Wildman–Crippen LogP) is 0.475. The van der Waals surface area contributed by atoms with Gasteiger partial charge in [-0.15, -0.1) is 5.92 Å². The zero-order valence-electron chi connectivity index (χ0n) is 21.3. The number of piperidine rings is 1. The van der Waals surface area contributed by atoms with Gasteiger partial charge in [0.05, 0.1) is 25.7 Å². The first kappa shape index (κ1) is 25.2. The number of aromatic nitrogens is 6. The number of nitrogens with two attached hydrogens (primary N) is 1. The zero-order chi connectivity index (χ0) is 26.8. The van der Waals surface area contributed by atoms with Crippen LogP contribution in [-0.2, 0) is 29.2 Å². The number of hydrogen-bond donors (Lipinski definition) is 1. The van der Waals surface area contributed by atoms with E-state index in [1.165, 1.54) is 7.11 Å². The number of esters is 1. The molecule has 0 radical (unpaired) electrons. The lowest BCUT2D eigenvalue weighted by atomic mass is 10.1. The van der Waals surface area contributed by atoms with E-state index in [2.05, 4.69) is 21.8 Å². The number of rotatable bonds is 6. The van der Waals surface area contributed by atoms with E-state index in [0.717, 1.165) is 27.4 Å². The number of hydrogen-bond acceptors (Lipinski definition) is 9. The Labute approximate surface area is 217 Å². The normalized spacial score (nSPS) is 15.4. The Kier molecular flexibility index (Phi) is 6.93. The number of methoxy groups -OCH3 is 1. The molecule has 0 spiro atoms. The van der Waals surface area contributed by atoms with Crippen LogP contribution >= 0.6 is 0 Å². The summed E-state index contributed by atoms with van der Waals surface area (Å²) in [5, 5.41) is 0.836. The second-order valence-electron chi connectivity index (χ2n) is 9.13. The number of para-hydroxylation sites is 1. The van der Waals surface area contributed by atoms with Gasteiger partial charge in [-0.2, -0.15) is 4.98 Å². The third kappa shape index (κ3) is 4.64. The first-order chi connectivity index (χ1) is 18.4. The standard InChI is InChI=1S/C26H28N8O4/c1-3-4-12-32-22-23(30-25(32)31-11-7-9-18(27)14-31)33(16-21(35)38-2)26(37)34(24(22)36)15-20-28-13-17-8-5-6-10-19(17)29-20/h5-6,8,10,13,18H,7,9,11-12,14-16,27H2,1-2H3. The summed E-state index contributed by atoms with van der Waals surface area (Å²) in [5.74, 6) is 5.97. The van der Waals surface area contributed by atoms with Crippen LogP contribution in [0.4, 0.5) is 5.95 Å². The molecule has 5 rings (SSSR count). The molecule has 1 unspecified atom stereocenters. The molecule has 0 saturated carbocycles.